The third-order valence-electron chi connectivity index (χ3n) is 6.21. The van der Waals surface area contributed by atoms with Crippen molar-refractivity contribution < 1.29 is 24.2 Å². The van der Waals surface area contributed by atoms with E-state index in [-0.39, 0.29) is 12.3 Å². The summed E-state index contributed by atoms with van der Waals surface area (Å²) in [6.45, 7) is 3.77. The van der Waals surface area contributed by atoms with E-state index in [0.717, 1.165) is 17.5 Å². The summed E-state index contributed by atoms with van der Waals surface area (Å²) in [5, 5.41) is 9.97. The highest BCUT2D eigenvalue weighted by molar-refractivity contribution is 6.04. The molecule has 1 aliphatic rings. The molecule has 0 unspecified atom stereocenters. The molecule has 6 nitrogen and oxygen atoms in total. The maximum atomic E-state index is 13.3. The van der Waals surface area contributed by atoms with Crippen LogP contribution in [0.25, 0.3) is 10.9 Å². The van der Waals surface area contributed by atoms with Gasteiger partial charge in [0.05, 0.1) is 31.8 Å². The smallest absolute Gasteiger partial charge is 0.307 e. The number of carbonyl (C=O) groups excluding carboxylic acids is 1. The van der Waals surface area contributed by atoms with E-state index in [4.69, 9.17) is 9.47 Å². The summed E-state index contributed by atoms with van der Waals surface area (Å²) >= 11 is 0. The number of aliphatic carboxylic acids is 1. The van der Waals surface area contributed by atoms with E-state index in [2.05, 4.69) is 18.2 Å². The fraction of sp³-hybridized carbons (Fsp3) is 0.214. The Morgan fingerprint density at radius 1 is 1.00 bits per heavy atom. The normalized spacial score (nSPS) is 12.6. The Balaban J connectivity index is 1.28. The predicted octanol–water partition coefficient (Wildman–Crippen LogP) is 4.92. The molecule has 0 amide bonds. The molecule has 4 aromatic rings. The first kappa shape index (κ1) is 21.9. The molecule has 2 heterocycles. The van der Waals surface area contributed by atoms with E-state index in [9.17, 15) is 14.7 Å². The molecule has 5 rings (SSSR count). The van der Waals surface area contributed by atoms with Crippen molar-refractivity contribution in [2.24, 2.45) is 0 Å². The maximum absolute atomic E-state index is 13.3. The van der Waals surface area contributed by atoms with Gasteiger partial charge < -0.3 is 14.6 Å². The number of nitrogens with zero attached hydrogens (tertiary/aromatic N) is 1. The highest BCUT2D eigenvalue weighted by Crippen LogP contribution is 2.26. The molecular weight excluding hydrogens is 430 g/mol. The van der Waals surface area contributed by atoms with E-state index in [1.807, 2.05) is 19.1 Å². The number of benzene rings is 3. The lowest BCUT2D eigenvalue weighted by Crippen LogP contribution is -2.13. The number of aromatic nitrogens is 1. The van der Waals surface area contributed by atoms with Gasteiger partial charge in [0.25, 0.3) is 5.91 Å². The van der Waals surface area contributed by atoms with Crippen molar-refractivity contribution in [3.8, 4) is 5.75 Å². The summed E-state index contributed by atoms with van der Waals surface area (Å²) in [5.41, 5.74) is 6.43. The van der Waals surface area contributed by atoms with Crippen LogP contribution in [-0.2, 0) is 35.6 Å². The van der Waals surface area contributed by atoms with E-state index in [0.29, 0.717) is 42.2 Å². The van der Waals surface area contributed by atoms with Gasteiger partial charge >= 0.3 is 5.97 Å². The van der Waals surface area contributed by atoms with Crippen LogP contribution in [0, 0.1) is 6.92 Å². The fourth-order valence-corrected chi connectivity index (χ4v) is 4.50. The van der Waals surface area contributed by atoms with Crippen LogP contribution in [0.2, 0.25) is 0 Å². The first-order valence-electron chi connectivity index (χ1n) is 11.3. The van der Waals surface area contributed by atoms with Crippen molar-refractivity contribution in [1.29, 1.82) is 0 Å². The molecule has 1 aromatic heterocycles. The quantitative estimate of drug-likeness (QED) is 0.428. The van der Waals surface area contributed by atoms with Gasteiger partial charge in [-0.25, -0.2) is 0 Å². The molecule has 34 heavy (non-hydrogen) atoms. The van der Waals surface area contributed by atoms with Gasteiger partial charge in [0.1, 0.15) is 5.75 Å². The Kier molecular flexibility index (Phi) is 5.90. The topological polar surface area (TPSA) is 77.8 Å². The summed E-state index contributed by atoms with van der Waals surface area (Å²) < 4.78 is 13.0. The summed E-state index contributed by atoms with van der Waals surface area (Å²) in [4.78, 5) is 24.5. The predicted molar refractivity (Wildman–Crippen MR) is 128 cm³/mol. The Morgan fingerprint density at radius 3 is 2.59 bits per heavy atom. The number of hydrogen-bond acceptors (Lipinski definition) is 4. The Labute approximate surface area is 197 Å². The second-order valence-corrected chi connectivity index (χ2v) is 8.57. The largest absolute Gasteiger partial charge is 0.493 e. The highest BCUT2D eigenvalue weighted by Gasteiger charge is 2.17. The van der Waals surface area contributed by atoms with Crippen LogP contribution in [0.15, 0.2) is 66.7 Å². The molecule has 0 radical (unpaired) electrons. The van der Waals surface area contributed by atoms with E-state index >= 15 is 0 Å². The van der Waals surface area contributed by atoms with E-state index in [1.54, 1.807) is 41.0 Å². The number of carbonyl (C=O) groups is 2. The lowest BCUT2D eigenvalue weighted by molar-refractivity contribution is -0.136. The number of fused-ring (bicyclic) bond motifs is 2. The second-order valence-electron chi connectivity index (χ2n) is 8.57. The molecule has 0 spiro atoms. The van der Waals surface area contributed by atoms with Crippen molar-refractivity contribution in [3.63, 3.8) is 0 Å². The number of ether oxygens (including phenoxy) is 2. The SMILES string of the molecule is Cc1cc2c(CC(=O)O)cccc2n1C(=O)c1ccc(OCCc2ccc3c(c2)COC3)cc1. The van der Waals surface area contributed by atoms with Crippen molar-refractivity contribution in [2.45, 2.75) is 33.0 Å². The molecule has 3 aromatic carbocycles. The first-order chi connectivity index (χ1) is 16.5. The molecule has 0 aliphatic carbocycles. The zero-order valence-corrected chi connectivity index (χ0v) is 18.9. The summed E-state index contributed by atoms with van der Waals surface area (Å²) in [6.07, 6.45) is 0.710. The molecule has 1 N–H and O–H groups in total. The van der Waals surface area contributed by atoms with Gasteiger partial charge in [-0.15, -0.1) is 0 Å². The van der Waals surface area contributed by atoms with Gasteiger partial charge in [-0.2, -0.15) is 0 Å². The Hall–Kier alpha value is -3.90. The number of hydrogen-bond donors (Lipinski definition) is 1. The Bertz CT molecular complexity index is 1380. The third-order valence-corrected chi connectivity index (χ3v) is 6.21. The van der Waals surface area contributed by atoms with E-state index < -0.39 is 5.97 Å². The molecule has 1 aliphatic heterocycles. The van der Waals surface area contributed by atoms with Crippen molar-refractivity contribution in [2.75, 3.05) is 6.61 Å². The average molecular weight is 456 g/mol. The van der Waals surface area contributed by atoms with Gasteiger partial charge in [0.15, 0.2) is 0 Å². The lowest BCUT2D eigenvalue weighted by atomic mass is 10.0. The molecule has 0 bridgehead atoms. The summed E-state index contributed by atoms with van der Waals surface area (Å²) in [5.74, 6) is -0.351. The van der Waals surface area contributed by atoms with Gasteiger partial charge in [0, 0.05) is 23.1 Å². The number of carboxylic acids is 1. The highest BCUT2D eigenvalue weighted by atomic mass is 16.5. The average Bonchev–Trinajstić information content (AvgIpc) is 3.42. The van der Waals surface area contributed by atoms with Crippen LogP contribution >= 0.6 is 0 Å². The monoisotopic (exact) mass is 455 g/mol. The molecule has 0 saturated carbocycles. The molecular formula is C28H25NO5. The van der Waals surface area contributed by atoms with Gasteiger partial charge in [-0.1, -0.05) is 30.3 Å². The minimum Gasteiger partial charge on any atom is -0.493 e. The van der Waals surface area contributed by atoms with Crippen LogP contribution < -0.4 is 4.74 Å². The van der Waals surface area contributed by atoms with Gasteiger partial charge in [0.2, 0.25) is 0 Å². The maximum Gasteiger partial charge on any atom is 0.307 e. The minimum absolute atomic E-state index is 0.0831. The summed E-state index contributed by atoms with van der Waals surface area (Å²) in [6, 6.07) is 20.8. The minimum atomic E-state index is -0.898. The van der Waals surface area contributed by atoms with Crippen LogP contribution in [0.1, 0.15) is 38.3 Å². The molecule has 6 heteroatoms. The lowest BCUT2D eigenvalue weighted by Gasteiger charge is -2.10. The first-order valence-corrected chi connectivity index (χ1v) is 11.3. The molecule has 0 fully saturated rings. The van der Waals surface area contributed by atoms with Crippen LogP contribution in [-0.4, -0.2) is 28.2 Å². The van der Waals surface area contributed by atoms with Crippen molar-refractivity contribution in [3.05, 3.63) is 100 Å². The van der Waals surface area contributed by atoms with Gasteiger partial charge in [-0.05, 0) is 65.6 Å². The van der Waals surface area contributed by atoms with Crippen molar-refractivity contribution in [1.82, 2.24) is 4.57 Å². The second kappa shape index (κ2) is 9.15. The zero-order chi connectivity index (χ0) is 23.7. The van der Waals surface area contributed by atoms with Gasteiger partial charge in [-0.3, -0.25) is 14.2 Å². The number of aryl methyl sites for hydroxylation is 1. The Morgan fingerprint density at radius 2 is 1.79 bits per heavy atom. The van der Waals surface area contributed by atoms with Crippen LogP contribution in [0.3, 0.4) is 0 Å². The van der Waals surface area contributed by atoms with E-state index in [1.165, 1.54) is 16.7 Å². The zero-order valence-electron chi connectivity index (χ0n) is 18.9. The standard InChI is InChI=1S/C28H25NO5/c1-18-13-25-21(15-27(30)31)3-2-4-26(25)29(18)28(32)20-7-9-24(10-8-20)34-12-11-19-5-6-22-16-33-17-23(22)14-19/h2-10,13-14H,11-12,15-17H2,1H3,(H,30,31). The number of rotatable bonds is 7. The summed E-state index contributed by atoms with van der Waals surface area (Å²) in [7, 11) is 0. The fourth-order valence-electron chi connectivity index (χ4n) is 4.50. The molecule has 172 valence electrons. The van der Waals surface area contributed by atoms with Crippen molar-refractivity contribution >= 4 is 22.8 Å². The molecule has 0 atom stereocenters. The van der Waals surface area contributed by atoms with Crippen LogP contribution in [0.4, 0.5) is 0 Å². The number of carboxylic acid groups (broad SMARTS) is 1. The third kappa shape index (κ3) is 4.32. The molecule has 0 saturated heterocycles. The van der Waals surface area contributed by atoms with Crippen LogP contribution in [0.5, 0.6) is 5.75 Å².